The van der Waals surface area contributed by atoms with Crippen molar-refractivity contribution in [3.63, 3.8) is 0 Å². The van der Waals surface area contributed by atoms with Crippen LogP contribution in [0.5, 0.6) is 0 Å². The molecular weight excluding hydrogens is 627 g/mol. The van der Waals surface area contributed by atoms with E-state index < -0.39 is 11.6 Å². The highest BCUT2D eigenvalue weighted by Gasteiger charge is 2.22. The Kier molecular flexibility index (Phi) is 7.05. The largest absolute Gasteiger partial charge is 0.477 e. The first-order valence-electron chi connectivity index (χ1n) is 15.4. The molecule has 47 heavy (non-hydrogen) atoms. The first kappa shape index (κ1) is 29.0. The number of para-hydroxylation sites is 1. The topological polar surface area (TPSA) is 99.5 Å². The second kappa shape index (κ2) is 11.4. The molecule has 0 bridgehead atoms. The standard InChI is InChI=1S/C38H27N3O4S2/c1-2-40-30-8-4-3-7-27(30)28-11-9-25(19-32(28)40)41-15-5-6-22-16-23-18-29(38(44)45-33(23)20-31(22)41)34-13-14-36(47-34)35-12-10-26(46-35)17-24(21-39)37(42)43/h3-4,7-14,16-20H,2,5-6,15H2,1H3,(H,42,43). The molecule has 0 amide bonds. The number of anilines is 2. The number of nitriles is 1. The highest BCUT2D eigenvalue weighted by Crippen LogP contribution is 2.41. The molecule has 0 aliphatic carbocycles. The van der Waals surface area contributed by atoms with E-state index in [4.69, 9.17) is 14.8 Å². The van der Waals surface area contributed by atoms with E-state index in [0.717, 1.165) is 57.3 Å². The fourth-order valence-corrected chi connectivity index (χ4v) is 8.70. The second-order valence-corrected chi connectivity index (χ2v) is 13.7. The lowest BCUT2D eigenvalue weighted by atomic mass is 9.98. The molecule has 0 saturated heterocycles. The number of hydrogen-bond acceptors (Lipinski definition) is 7. The summed E-state index contributed by atoms with van der Waals surface area (Å²) in [7, 11) is 0. The molecule has 0 atom stereocenters. The van der Waals surface area contributed by atoms with Crippen molar-refractivity contribution in [3.05, 3.63) is 111 Å². The van der Waals surface area contributed by atoms with E-state index in [2.05, 4.69) is 64.9 Å². The Hall–Kier alpha value is -5.43. The number of hydrogen-bond donors (Lipinski definition) is 1. The molecule has 8 rings (SSSR count). The molecule has 4 aromatic heterocycles. The zero-order valence-corrected chi connectivity index (χ0v) is 27.0. The molecule has 1 N–H and O–H groups in total. The summed E-state index contributed by atoms with van der Waals surface area (Å²) in [6, 6.07) is 30.6. The summed E-state index contributed by atoms with van der Waals surface area (Å²) in [5.74, 6) is -1.25. The molecule has 5 heterocycles. The summed E-state index contributed by atoms with van der Waals surface area (Å²) < 4.78 is 8.34. The lowest BCUT2D eigenvalue weighted by Gasteiger charge is -2.31. The van der Waals surface area contributed by atoms with Crippen LogP contribution >= 0.6 is 22.7 Å². The Morgan fingerprint density at radius 3 is 2.57 bits per heavy atom. The van der Waals surface area contributed by atoms with E-state index >= 15 is 0 Å². The van der Waals surface area contributed by atoms with Crippen LogP contribution < -0.4 is 10.5 Å². The predicted molar refractivity (Wildman–Crippen MR) is 191 cm³/mol. The van der Waals surface area contributed by atoms with Gasteiger partial charge in [-0.3, -0.25) is 0 Å². The number of carbonyl (C=O) groups is 1. The molecule has 0 unspecified atom stereocenters. The van der Waals surface area contributed by atoms with E-state index in [1.165, 1.54) is 56.1 Å². The van der Waals surface area contributed by atoms with Gasteiger partial charge in [-0.15, -0.1) is 22.7 Å². The number of carboxylic acid groups (broad SMARTS) is 1. The van der Waals surface area contributed by atoms with Gasteiger partial charge in [-0.1, -0.05) is 24.3 Å². The Morgan fingerprint density at radius 1 is 0.957 bits per heavy atom. The molecule has 7 nitrogen and oxygen atoms in total. The number of aliphatic carboxylic acids is 1. The van der Waals surface area contributed by atoms with Crippen LogP contribution in [0.1, 0.15) is 23.8 Å². The lowest BCUT2D eigenvalue weighted by Crippen LogP contribution is -2.24. The molecule has 1 aliphatic rings. The van der Waals surface area contributed by atoms with E-state index in [1.807, 2.05) is 30.3 Å². The number of aryl methyl sites for hydroxylation is 2. The van der Waals surface area contributed by atoms with Crippen LogP contribution in [0.25, 0.3) is 59.0 Å². The van der Waals surface area contributed by atoms with Crippen molar-refractivity contribution in [2.24, 2.45) is 0 Å². The smallest absolute Gasteiger partial charge is 0.346 e. The van der Waals surface area contributed by atoms with Crippen LogP contribution in [0.4, 0.5) is 11.4 Å². The molecule has 0 saturated carbocycles. The van der Waals surface area contributed by atoms with Crippen molar-refractivity contribution in [1.29, 1.82) is 5.26 Å². The minimum absolute atomic E-state index is 0.314. The monoisotopic (exact) mass is 653 g/mol. The third-order valence-electron chi connectivity index (χ3n) is 8.82. The molecule has 0 spiro atoms. The highest BCUT2D eigenvalue weighted by atomic mass is 32.1. The van der Waals surface area contributed by atoms with Crippen LogP contribution in [-0.2, 0) is 17.8 Å². The van der Waals surface area contributed by atoms with Crippen LogP contribution in [0.15, 0.2) is 99.7 Å². The Balaban J connectivity index is 1.14. The van der Waals surface area contributed by atoms with E-state index in [0.29, 0.717) is 16.0 Å². The van der Waals surface area contributed by atoms with E-state index in [1.54, 1.807) is 12.1 Å². The van der Waals surface area contributed by atoms with E-state index in [9.17, 15) is 9.59 Å². The maximum absolute atomic E-state index is 13.4. The van der Waals surface area contributed by atoms with Gasteiger partial charge < -0.3 is 19.0 Å². The minimum atomic E-state index is -1.25. The second-order valence-electron chi connectivity index (χ2n) is 11.5. The summed E-state index contributed by atoms with van der Waals surface area (Å²) in [4.78, 5) is 30.3. The van der Waals surface area contributed by atoms with Crippen LogP contribution in [0.3, 0.4) is 0 Å². The summed E-state index contributed by atoms with van der Waals surface area (Å²) in [6.07, 6.45) is 3.33. The van der Waals surface area contributed by atoms with Gasteiger partial charge in [0.25, 0.3) is 0 Å². The van der Waals surface area contributed by atoms with Gasteiger partial charge in [0.2, 0.25) is 0 Å². The van der Waals surface area contributed by atoms with Crippen molar-refractivity contribution in [1.82, 2.24) is 4.57 Å². The van der Waals surface area contributed by atoms with Gasteiger partial charge in [0, 0.05) is 71.7 Å². The Morgan fingerprint density at radius 2 is 1.74 bits per heavy atom. The number of carboxylic acids is 1. The zero-order chi connectivity index (χ0) is 32.2. The normalized spacial score (nSPS) is 13.4. The van der Waals surface area contributed by atoms with Crippen molar-refractivity contribution in [2.75, 3.05) is 11.4 Å². The van der Waals surface area contributed by atoms with E-state index in [-0.39, 0.29) is 5.57 Å². The third kappa shape index (κ3) is 4.94. The fraction of sp³-hybridized carbons (Fsp3) is 0.132. The molecule has 1 aliphatic heterocycles. The first-order valence-corrected chi connectivity index (χ1v) is 17.0. The van der Waals surface area contributed by atoms with Gasteiger partial charge in [0.1, 0.15) is 17.2 Å². The van der Waals surface area contributed by atoms with Crippen molar-refractivity contribution in [2.45, 2.75) is 26.3 Å². The van der Waals surface area contributed by atoms with Gasteiger partial charge >= 0.3 is 11.6 Å². The molecule has 7 aromatic rings. The predicted octanol–water partition coefficient (Wildman–Crippen LogP) is 9.45. The summed E-state index contributed by atoms with van der Waals surface area (Å²) in [5, 5.41) is 21.7. The molecule has 3 aromatic carbocycles. The maximum atomic E-state index is 13.4. The van der Waals surface area contributed by atoms with Gasteiger partial charge in [0.15, 0.2) is 0 Å². The SMILES string of the molecule is CCn1c2ccccc2c2ccc(N3CCCc4cc5cc(-c6ccc(-c7ccc(C=C(C#N)C(=O)O)s7)s6)c(=O)oc5cc43)cc21. The number of rotatable bonds is 6. The lowest BCUT2D eigenvalue weighted by molar-refractivity contribution is -0.132. The average Bonchev–Trinajstić information content (AvgIpc) is 3.83. The fourth-order valence-electron chi connectivity index (χ4n) is 6.65. The Bertz CT molecular complexity index is 2520. The number of aromatic nitrogens is 1. The maximum Gasteiger partial charge on any atom is 0.346 e. The highest BCUT2D eigenvalue weighted by molar-refractivity contribution is 7.24. The molecule has 0 radical (unpaired) electrons. The average molecular weight is 654 g/mol. The Labute approximate surface area is 277 Å². The molecule has 230 valence electrons. The third-order valence-corrected chi connectivity index (χ3v) is 11.2. The van der Waals surface area contributed by atoms with Crippen molar-refractivity contribution >= 4 is 78.9 Å². The number of nitrogens with zero attached hydrogens (tertiary/aromatic N) is 3. The molecule has 0 fully saturated rings. The van der Waals surface area contributed by atoms with Crippen LogP contribution in [-0.4, -0.2) is 22.2 Å². The van der Waals surface area contributed by atoms with Crippen molar-refractivity contribution < 1.29 is 14.3 Å². The van der Waals surface area contributed by atoms with Gasteiger partial charge in [-0.2, -0.15) is 5.26 Å². The van der Waals surface area contributed by atoms with Crippen LogP contribution in [0.2, 0.25) is 0 Å². The molecule has 9 heteroatoms. The van der Waals surface area contributed by atoms with Gasteiger partial charge in [0.05, 0.1) is 11.1 Å². The summed E-state index contributed by atoms with van der Waals surface area (Å²) in [5.41, 5.74) is 6.24. The van der Waals surface area contributed by atoms with Gasteiger partial charge in [-0.25, -0.2) is 9.59 Å². The minimum Gasteiger partial charge on any atom is -0.477 e. The quantitative estimate of drug-likeness (QED) is 0.109. The van der Waals surface area contributed by atoms with Gasteiger partial charge in [-0.05, 0) is 86.0 Å². The number of thiophene rings is 2. The van der Waals surface area contributed by atoms with Crippen LogP contribution in [0, 0.1) is 11.3 Å². The van der Waals surface area contributed by atoms with Crippen molar-refractivity contribution in [3.8, 4) is 26.3 Å². The number of benzene rings is 3. The first-order chi connectivity index (χ1) is 22.9. The summed E-state index contributed by atoms with van der Waals surface area (Å²) in [6.45, 7) is 3.95. The molecular formula is C38H27N3O4S2. The summed E-state index contributed by atoms with van der Waals surface area (Å²) >= 11 is 2.87. The zero-order valence-electron chi connectivity index (χ0n) is 25.3. The number of fused-ring (bicyclic) bond motifs is 5.